The molecule has 24 heavy (non-hydrogen) atoms. The van der Waals surface area contributed by atoms with E-state index in [0.717, 1.165) is 0 Å². The van der Waals surface area contributed by atoms with Gasteiger partial charge in [0.2, 0.25) is 0 Å². The van der Waals surface area contributed by atoms with E-state index in [9.17, 15) is 0 Å². The minimum absolute atomic E-state index is 0.0839. The van der Waals surface area contributed by atoms with E-state index in [1.54, 1.807) is 0 Å². The van der Waals surface area contributed by atoms with Crippen molar-refractivity contribution in [2.45, 2.75) is 12.3 Å². The van der Waals surface area contributed by atoms with Crippen LogP contribution in [0.4, 0.5) is 0 Å². The fraction of sp³-hybridized carbons (Fsp3) is 0.167. The Balaban J connectivity index is 2.07. The van der Waals surface area contributed by atoms with E-state index < -0.39 is 0 Å². The van der Waals surface area contributed by atoms with Gasteiger partial charge in [0.05, 0.1) is 0 Å². The van der Waals surface area contributed by atoms with Crippen molar-refractivity contribution < 1.29 is 0 Å². The largest absolute Gasteiger partial charge is 0.0763 e. The van der Waals surface area contributed by atoms with E-state index in [0.29, 0.717) is 5.92 Å². The normalized spacial score (nSPS) is 18.5. The zero-order chi connectivity index (χ0) is 16.5. The minimum atomic E-state index is -0.164. The SMILES string of the molecule is CC1(C(c2ccccc2)(c2ccccc2)C2C=CC=C2)C=CC=C1. The van der Waals surface area contributed by atoms with Crippen LogP contribution in [-0.4, -0.2) is 0 Å². The molecular formula is C24H22. The van der Waals surface area contributed by atoms with Crippen LogP contribution >= 0.6 is 0 Å². The van der Waals surface area contributed by atoms with Crippen molar-refractivity contribution in [2.24, 2.45) is 11.3 Å². The molecule has 0 saturated heterocycles. The maximum absolute atomic E-state index is 2.35. The fourth-order valence-electron chi connectivity index (χ4n) is 4.48. The molecule has 2 aliphatic rings. The number of hydrogen-bond donors (Lipinski definition) is 0. The van der Waals surface area contributed by atoms with Crippen LogP contribution in [0, 0.1) is 11.3 Å². The van der Waals surface area contributed by atoms with E-state index in [-0.39, 0.29) is 10.8 Å². The summed E-state index contributed by atoms with van der Waals surface area (Å²) in [5.41, 5.74) is 2.47. The molecule has 0 N–H and O–H groups in total. The predicted molar refractivity (Wildman–Crippen MR) is 102 cm³/mol. The quantitative estimate of drug-likeness (QED) is 0.664. The molecule has 4 rings (SSSR count). The van der Waals surface area contributed by atoms with Gasteiger partial charge in [0, 0.05) is 16.7 Å². The first-order valence-corrected chi connectivity index (χ1v) is 8.60. The van der Waals surface area contributed by atoms with Gasteiger partial charge < -0.3 is 0 Å². The van der Waals surface area contributed by atoms with Gasteiger partial charge >= 0.3 is 0 Å². The molecule has 0 bridgehead atoms. The highest BCUT2D eigenvalue weighted by Crippen LogP contribution is 2.56. The van der Waals surface area contributed by atoms with Gasteiger partial charge in [-0.15, -0.1) is 0 Å². The van der Waals surface area contributed by atoms with Crippen molar-refractivity contribution in [3.8, 4) is 0 Å². The van der Waals surface area contributed by atoms with Crippen LogP contribution in [0.1, 0.15) is 18.1 Å². The van der Waals surface area contributed by atoms with Crippen LogP contribution in [0.25, 0.3) is 0 Å². The van der Waals surface area contributed by atoms with Crippen LogP contribution in [0.3, 0.4) is 0 Å². The van der Waals surface area contributed by atoms with Gasteiger partial charge in [-0.25, -0.2) is 0 Å². The third-order valence-corrected chi connectivity index (χ3v) is 5.55. The van der Waals surface area contributed by atoms with Gasteiger partial charge in [-0.2, -0.15) is 0 Å². The molecule has 0 nitrogen and oxygen atoms in total. The molecule has 0 heteroatoms. The van der Waals surface area contributed by atoms with Crippen molar-refractivity contribution >= 4 is 0 Å². The predicted octanol–water partition coefficient (Wildman–Crippen LogP) is 5.85. The molecule has 0 amide bonds. The summed E-state index contributed by atoms with van der Waals surface area (Å²) in [4.78, 5) is 0. The Morgan fingerprint density at radius 1 is 0.667 bits per heavy atom. The summed E-state index contributed by atoms with van der Waals surface area (Å²) in [5, 5.41) is 0. The molecule has 0 unspecified atom stereocenters. The van der Waals surface area contributed by atoms with Crippen LogP contribution in [0.5, 0.6) is 0 Å². The van der Waals surface area contributed by atoms with Gasteiger partial charge in [-0.3, -0.25) is 0 Å². The maximum atomic E-state index is 2.35. The summed E-state index contributed by atoms with van der Waals surface area (Å²) in [5.74, 6) is 0.319. The molecule has 0 aliphatic heterocycles. The van der Waals surface area contributed by atoms with E-state index in [1.807, 2.05) is 0 Å². The van der Waals surface area contributed by atoms with E-state index in [1.165, 1.54) is 11.1 Å². The summed E-state index contributed by atoms with van der Waals surface area (Å²) < 4.78 is 0. The van der Waals surface area contributed by atoms with Gasteiger partial charge in [-0.1, -0.05) is 116 Å². The Morgan fingerprint density at radius 2 is 1.12 bits per heavy atom. The molecule has 0 fully saturated rings. The van der Waals surface area contributed by atoms with E-state index in [4.69, 9.17) is 0 Å². The van der Waals surface area contributed by atoms with Crippen molar-refractivity contribution in [3.05, 3.63) is 120 Å². The first-order valence-electron chi connectivity index (χ1n) is 8.60. The Kier molecular flexibility index (Phi) is 3.61. The number of rotatable bonds is 4. The summed E-state index contributed by atoms with van der Waals surface area (Å²) in [6.45, 7) is 2.35. The molecule has 118 valence electrons. The molecule has 0 heterocycles. The number of benzene rings is 2. The van der Waals surface area contributed by atoms with Crippen molar-refractivity contribution in [1.82, 2.24) is 0 Å². The Labute approximate surface area is 144 Å². The Bertz CT molecular complexity index is 755. The second-order valence-electron chi connectivity index (χ2n) is 6.84. The second-order valence-corrected chi connectivity index (χ2v) is 6.84. The zero-order valence-corrected chi connectivity index (χ0v) is 14.0. The number of allylic oxidation sites excluding steroid dienone is 8. The van der Waals surface area contributed by atoms with Gasteiger partial charge in [0.1, 0.15) is 0 Å². The van der Waals surface area contributed by atoms with Gasteiger partial charge in [0.15, 0.2) is 0 Å². The van der Waals surface area contributed by atoms with Crippen molar-refractivity contribution in [1.29, 1.82) is 0 Å². The highest BCUT2D eigenvalue weighted by molar-refractivity contribution is 5.52. The summed E-state index contributed by atoms with van der Waals surface area (Å²) in [7, 11) is 0. The lowest BCUT2D eigenvalue weighted by Gasteiger charge is -2.49. The van der Waals surface area contributed by atoms with Crippen molar-refractivity contribution in [2.75, 3.05) is 0 Å². The van der Waals surface area contributed by atoms with Crippen LogP contribution in [0.2, 0.25) is 0 Å². The van der Waals surface area contributed by atoms with Gasteiger partial charge in [0.25, 0.3) is 0 Å². The summed E-state index contributed by atoms with van der Waals surface area (Å²) in [6, 6.07) is 21.9. The van der Waals surface area contributed by atoms with Crippen LogP contribution < -0.4 is 0 Å². The summed E-state index contributed by atoms with van der Waals surface area (Å²) in [6.07, 6.45) is 18.1. The third-order valence-electron chi connectivity index (χ3n) is 5.55. The molecule has 0 aromatic heterocycles. The number of hydrogen-bond acceptors (Lipinski definition) is 0. The van der Waals surface area contributed by atoms with Crippen molar-refractivity contribution in [3.63, 3.8) is 0 Å². The smallest absolute Gasteiger partial charge is 0.0422 e. The molecule has 0 saturated carbocycles. The first-order chi connectivity index (χ1) is 11.8. The van der Waals surface area contributed by atoms with Crippen LogP contribution in [-0.2, 0) is 5.41 Å². The van der Waals surface area contributed by atoms with E-state index in [2.05, 4.69) is 116 Å². The monoisotopic (exact) mass is 310 g/mol. The van der Waals surface area contributed by atoms with Gasteiger partial charge in [-0.05, 0) is 11.1 Å². The Morgan fingerprint density at radius 3 is 1.58 bits per heavy atom. The molecule has 0 atom stereocenters. The molecule has 2 aromatic carbocycles. The molecular weight excluding hydrogens is 288 g/mol. The minimum Gasteiger partial charge on any atom is -0.0763 e. The average molecular weight is 310 g/mol. The van der Waals surface area contributed by atoms with E-state index >= 15 is 0 Å². The lowest BCUT2D eigenvalue weighted by Crippen LogP contribution is -2.47. The highest BCUT2D eigenvalue weighted by Gasteiger charge is 2.52. The third kappa shape index (κ3) is 2.06. The molecule has 0 radical (unpaired) electrons. The summed E-state index contributed by atoms with van der Waals surface area (Å²) >= 11 is 0. The average Bonchev–Trinajstić information content (AvgIpc) is 3.31. The fourth-order valence-corrected chi connectivity index (χ4v) is 4.48. The topological polar surface area (TPSA) is 0 Å². The molecule has 0 spiro atoms. The maximum Gasteiger partial charge on any atom is 0.0422 e. The molecule has 2 aliphatic carbocycles. The highest BCUT2D eigenvalue weighted by atomic mass is 14.5. The lowest BCUT2D eigenvalue weighted by molar-refractivity contribution is 0.270. The zero-order valence-electron chi connectivity index (χ0n) is 14.0. The Hall–Kier alpha value is -2.60. The molecule has 2 aromatic rings. The first kappa shape index (κ1) is 15.0. The standard InChI is InChI=1S/C24H22/c1-23(18-10-11-19-23)24(22-16-8-9-17-22,20-12-4-2-5-13-20)21-14-6-3-7-15-21/h2-19,22H,1H3. The second kappa shape index (κ2) is 5.79. The lowest BCUT2D eigenvalue weighted by atomic mass is 9.52. The van der Waals surface area contributed by atoms with Crippen LogP contribution in [0.15, 0.2) is 109 Å².